The largest absolute Gasteiger partial charge is 0.0610 e. The monoisotopic (exact) mass is 464 g/mol. The zero-order chi connectivity index (χ0) is 11.4. The summed E-state index contributed by atoms with van der Waals surface area (Å²) in [7, 11) is 0. The predicted octanol–water partition coefficient (Wildman–Crippen LogP) is 6.29. The van der Waals surface area contributed by atoms with Gasteiger partial charge in [-0.2, -0.15) is 0 Å². The first-order chi connectivity index (χ1) is 7.61. The van der Waals surface area contributed by atoms with Crippen LogP contribution in [0.4, 0.5) is 0 Å². The van der Waals surface area contributed by atoms with Crippen LogP contribution in [0.3, 0.4) is 0 Å². The van der Waals surface area contributed by atoms with Crippen molar-refractivity contribution in [3.8, 4) is 0 Å². The Morgan fingerprint density at radius 3 is 2.31 bits per heavy atom. The maximum absolute atomic E-state index is 3.64. The third kappa shape index (κ3) is 1.43. The Balaban J connectivity index is 2.62. The average molecular weight is 468 g/mol. The first kappa shape index (κ1) is 11.5. The first-order valence-electron chi connectivity index (χ1n) is 4.58. The minimum absolute atomic E-state index is 1.10. The molecule has 0 atom stereocenters. The second-order valence-corrected chi connectivity index (χ2v) is 6.87. The lowest BCUT2D eigenvalue weighted by Crippen LogP contribution is -1.83. The summed E-state index contributed by atoms with van der Waals surface area (Å²) in [6.07, 6.45) is 0. The van der Waals surface area contributed by atoms with E-state index in [2.05, 4.69) is 88.0 Å². The summed E-state index contributed by atoms with van der Waals surface area (Å²) in [6.45, 7) is 0. The van der Waals surface area contributed by atoms with Crippen molar-refractivity contribution in [2.45, 2.75) is 0 Å². The number of hydrogen-bond acceptors (Lipinski definition) is 0. The Morgan fingerprint density at radius 2 is 1.56 bits per heavy atom. The van der Waals surface area contributed by atoms with Gasteiger partial charge in [-0.3, -0.25) is 0 Å². The van der Waals surface area contributed by atoms with Crippen LogP contribution in [-0.4, -0.2) is 0 Å². The molecule has 2 aromatic rings. The van der Waals surface area contributed by atoms with Crippen molar-refractivity contribution in [1.29, 1.82) is 0 Å². The van der Waals surface area contributed by atoms with Gasteiger partial charge in [-0.15, -0.1) is 0 Å². The minimum atomic E-state index is 1.10. The molecule has 3 rings (SSSR count). The SMILES string of the molecule is BrC1=C(Br)c2c(Br)cc(Br)c3cccc1c23. The van der Waals surface area contributed by atoms with E-state index in [1.54, 1.807) is 0 Å². The quantitative estimate of drug-likeness (QED) is 0.427. The van der Waals surface area contributed by atoms with Gasteiger partial charge in [0.05, 0.1) is 0 Å². The molecular weight excluding hydrogens is 464 g/mol. The van der Waals surface area contributed by atoms with E-state index in [0.717, 1.165) is 17.9 Å². The molecular formula is C12H4Br4. The summed E-state index contributed by atoms with van der Waals surface area (Å²) in [5, 5.41) is 2.52. The highest BCUT2D eigenvalue weighted by Crippen LogP contribution is 2.51. The Kier molecular flexibility index (Phi) is 2.82. The predicted molar refractivity (Wildman–Crippen MR) is 84.0 cm³/mol. The summed E-state index contributed by atoms with van der Waals surface area (Å²) in [5.41, 5.74) is 2.46. The van der Waals surface area contributed by atoms with Gasteiger partial charge in [0.2, 0.25) is 0 Å². The molecule has 0 heterocycles. The minimum Gasteiger partial charge on any atom is -0.0610 e. The van der Waals surface area contributed by atoms with Crippen LogP contribution in [-0.2, 0) is 0 Å². The highest BCUT2D eigenvalue weighted by Gasteiger charge is 2.24. The van der Waals surface area contributed by atoms with Crippen molar-refractivity contribution in [2.75, 3.05) is 0 Å². The van der Waals surface area contributed by atoms with E-state index >= 15 is 0 Å². The number of hydrogen-bond donors (Lipinski definition) is 0. The molecule has 80 valence electrons. The third-order valence-electron chi connectivity index (χ3n) is 2.71. The van der Waals surface area contributed by atoms with Crippen LogP contribution < -0.4 is 0 Å². The van der Waals surface area contributed by atoms with Crippen LogP contribution in [0.5, 0.6) is 0 Å². The van der Waals surface area contributed by atoms with Gasteiger partial charge in [0.15, 0.2) is 0 Å². The van der Waals surface area contributed by atoms with Gasteiger partial charge in [0.1, 0.15) is 0 Å². The van der Waals surface area contributed by atoms with E-state index in [0.29, 0.717) is 0 Å². The van der Waals surface area contributed by atoms with Gasteiger partial charge in [-0.1, -0.05) is 50.1 Å². The average Bonchev–Trinajstić information content (AvgIpc) is 2.51. The first-order valence-corrected chi connectivity index (χ1v) is 7.75. The lowest BCUT2D eigenvalue weighted by Gasteiger charge is -2.07. The number of rotatable bonds is 0. The van der Waals surface area contributed by atoms with Gasteiger partial charge in [-0.25, -0.2) is 0 Å². The fourth-order valence-corrected chi connectivity index (χ4v) is 4.94. The molecule has 0 aromatic heterocycles. The van der Waals surface area contributed by atoms with Gasteiger partial charge in [-0.05, 0) is 48.9 Å². The van der Waals surface area contributed by atoms with Crippen LogP contribution >= 0.6 is 63.7 Å². The van der Waals surface area contributed by atoms with E-state index in [4.69, 9.17) is 0 Å². The van der Waals surface area contributed by atoms with Crippen molar-refractivity contribution in [1.82, 2.24) is 0 Å². The van der Waals surface area contributed by atoms with Gasteiger partial charge < -0.3 is 0 Å². The van der Waals surface area contributed by atoms with Crippen molar-refractivity contribution in [3.05, 3.63) is 44.3 Å². The smallest absolute Gasteiger partial charge is 0.0413 e. The summed E-state index contributed by atoms with van der Waals surface area (Å²) in [6, 6.07) is 8.43. The molecule has 0 radical (unpaired) electrons. The molecule has 0 nitrogen and oxygen atoms in total. The Labute approximate surface area is 127 Å². The van der Waals surface area contributed by atoms with Crippen LogP contribution in [0.2, 0.25) is 0 Å². The van der Waals surface area contributed by atoms with Crippen molar-refractivity contribution < 1.29 is 0 Å². The Morgan fingerprint density at radius 1 is 0.812 bits per heavy atom. The van der Waals surface area contributed by atoms with Crippen LogP contribution in [0, 0.1) is 0 Å². The second-order valence-electron chi connectivity index (χ2n) is 3.57. The zero-order valence-corrected chi connectivity index (χ0v) is 14.2. The summed E-state index contributed by atoms with van der Waals surface area (Å²) in [5.74, 6) is 0. The molecule has 0 saturated carbocycles. The van der Waals surface area contributed by atoms with Gasteiger partial charge in [0, 0.05) is 28.9 Å². The Bertz CT molecular complexity index is 656. The molecule has 1 aliphatic carbocycles. The summed E-state index contributed by atoms with van der Waals surface area (Å²) in [4.78, 5) is 0. The second kappa shape index (κ2) is 3.94. The molecule has 0 unspecified atom stereocenters. The molecule has 0 saturated heterocycles. The molecule has 1 aliphatic rings. The van der Waals surface area contributed by atoms with Gasteiger partial charge in [0.25, 0.3) is 0 Å². The van der Waals surface area contributed by atoms with E-state index in [9.17, 15) is 0 Å². The molecule has 0 fully saturated rings. The maximum Gasteiger partial charge on any atom is 0.0413 e. The van der Waals surface area contributed by atoms with E-state index in [1.807, 2.05) is 0 Å². The van der Waals surface area contributed by atoms with E-state index in [1.165, 1.54) is 21.9 Å². The summed E-state index contributed by atoms with van der Waals surface area (Å²) < 4.78 is 4.44. The van der Waals surface area contributed by atoms with Crippen LogP contribution in [0.15, 0.2) is 33.2 Å². The molecule has 4 heteroatoms. The lowest BCUT2D eigenvalue weighted by atomic mass is 10.0. The van der Waals surface area contributed by atoms with Crippen molar-refractivity contribution >= 4 is 83.5 Å². The normalized spacial score (nSPS) is 14.0. The van der Waals surface area contributed by atoms with E-state index < -0.39 is 0 Å². The summed E-state index contributed by atoms with van der Waals surface area (Å²) >= 11 is 14.5. The molecule has 0 N–H and O–H groups in total. The number of benzene rings is 2. The maximum atomic E-state index is 3.64. The third-order valence-corrected chi connectivity index (χ3v) is 6.14. The number of halogens is 4. The molecule has 0 amide bonds. The highest BCUT2D eigenvalue weighted by atomic mass is 79.9. The van der Waals surface area contributed by atoms with E-state index in [-0.39, 0.29) is 0 Å². The molecule has 2 aromatic carbocycles. The van der Waals surface area contributed by atoms with Crippen molar-refractivity contribution in [3.63, 3.8) is 0 Å². The lowest BCUT2D eigenvalue weighted by molar-refractivity contribution is 1.63. The van der Waals surface area contributed by atoms with Crippen molar-refractivity contribution in [2.24, 2.45) is 0 Å². The fourth-order valence-electron chi connectivity index (χ4n) is 2.03. The Hall–Kier alpha value is 0.360. The molecule has 0 aliphatic heterocycles. The van der Waals surface area contributed by atoms with Crippen LogP contribution in [0.25, 0.3) is 19.7 Å². The van der Waals surface area contributed by atoms with Crippen LogP contribution in [0.1, 0.15) is 11.1 Å². The zero-order valence-electron chi connectivity index (χ0n) is 7.82. The molecule has 0 bridgehead atoms. The fraction of sp³-hybridized carbons (Fsp3) is 0. The topological polar surface area (TPSA) is 0 Å². The van der Waals surface area contributed by atoms with Gasteiger partial charge >= 0.3 is 0 Å². The molecule has 0 spiro atoms. The standard InChI is InChI=1S/C12H4Br4/c13-7-4-8(14)10-9-5(7)2-1-3-6(9)11(15)12(10)16/h1-4H. The highest BCUT2D eigenvalue weighted by molar-refractivity contribution is 9.18. The molecule has 16 heavy (non-hydrogen) atoms.